The van der Waals surface area contributed by atoms with Gasteiger partial charge in [0.2, 0.25) is 5.91 Å². The second-order valence-corrected chi connectivity index (χ2v) is 7.54. The van der Waals surface area contributed by atoms with Crippen LogP contribution in [0.5, 0.6) is 11.5 Å². The lowest BCUT2D eigenvalue weighted by Gasteiger charge is -2.31. The number of hydrogen-bond acceptors (Lipinski definition) is 5. The molecule has 1 fully saturated rings. The lowest BCUT2D eigenvalue weighted by molar-refractivity contribution is -0.138. The van der Waals surface area contributed by atoms with Crippen molar-refractivity contribution in [3.8, 4) is 11.5 Å². The van der Waals surface area contributed by atoms with Crippen LogP contribution in [0.3, 0.4) is 0 Å². The minimum Gasteiger partial charge on any atom is -0.484 e. The third-order valence-corrected chi connectivity index (χ3v) is 5.36. The average Bonchev–Trinajstić information content (AvgIpc) is 2.85. The van der Waals surface area contributed by atoms with Crippen LogP contribution >= 0.6 is 0 Å². The number of nitrogens with zero attached hydrogens (tertiary/aromatic N) is 1. The van der Waals surface area contributed by atoms with E-state index in [4.69, 9.17) is 9.47 Å². The summed E-state index contributed by atoms with van der Waals surface area (Å²) in [4.78, 5) is 38.4. The number of hydrazine groups is 1. The Bertz CT molecular complexity index is 911. The number of rotatable bonds is 8. The van der Waals surface area contributed by atoms with Crippen molar-refractivity contribution in [2.45, 2.75) is 26.2 Å². The first-order valence-corrected chi connectivity index (χ1v) is 10.8. The molecule has 0 saturated carbocycles. The van der Waals surface area contributed by atoms with Gasteiger partial charge in [0.25, 0.3) is 11.8 Å². The molecular formula is C24H29N3O5. The van der Waals surface area contributed by atoms with Gasteiger partial charge >= 0.3 is 0 Å². The topological polar surface area (TPSA) is 97.0 Å². The Morgan fingerprint density at radius 2 is 1.59 bits per heavy atom. The highest BCUT2D eigenvalue weighted by Crippen LogP contribution is 2.19. The van der Waals surface area contributed by atoms with E-state index in [1.807, 2.05) is 49.4 Å². The Hall–Kier alpha value is -3.55. The summed E-state index contributed by atoms with van der Waals surface area (Å²) in [7, 11) is 0. The molecule has 0 unspecified atom stereocenters. The fourth-order valence-electron chi connectivity index (χ4n) is 3.49. The van der Waals surface area contributed by atoms with Gasteiger partial charge < -0.3 is 14.4 Å². The van der Waals surface area contributed by atoms with Gasteiger partial charge in [0.1, 0.15) is 11.5 Å². The Balaban J connectivity index is 1.34. The molecule has 1 heterocycles. The van der Waals surface area contributed by atoms with Crippen LogP contribution in [0.4, 0.5) is 0 Å². The van der Waals surface area contributed by atoms with Crippen molar-refractivity contribution in [1.29, 1.82) is 0 Å². The largest absolute Gasteiger partial charge is 0.484 e. The van der Waals surface area contributed by atoms with Crippen LogP contribution in [-0.2, 0) is 20.8 Å². The molecule has 1 saturated heterocycles. The number of para-hydroxylation sites is 2. The van der Waals surface area contributed by atoms with Gasteiger partial charge in [-0.05, 0) is 43.0 Å². The van der Waals surface area contributed by atoms with Crippen molar-refractivity contribution >= 4 is 17.7 Å². The Morgan fingerprint density at radius 1 is 0.906 bits per heavy atom. The maximum absolute atomic E-state index is 12.4. The minimum absolute atomic E-state index is 0.0297. The first-order valence-electron chi connectivity index (χ1n) is 10.8. The second-order valence-electron chi connectivity index (χ2n) is 7.54. The van der Waals surface area contributed by atoms with Crippen molar-refractivity contribution in [3.63, 3.8) is 0 Å². The molecule has 32 heavy (non-hydrogen) atoms. The number of hydrogen-bond donors (Lipinski definition) is 2. The average molecular weight is 440 g/mol. The number of nitrogens with one attached hydrogen (secondary N) is 2. The number of benzene rings is 2. The Labute approximate surface area is 187 Å². The van der Waals surface area contributed by atoms with E-state index in [1.165, 1.54) is 0 Å². The molecule has 0 radical (unpaired) electrons. The van der Waals surface area contributed by atoms with Crippen LogP contribution < -0.4 is 20.3 Å². The molecule has 2 aromatic carbocycles. The summed E-state index contributed by atoms with van der Waals surface area (Å²) in [6, 6.07) is 16.7. The Kier molecular flexibility index (Phi) is 8.48. The van der Waals surface area contributed by atoms with Gasteiger partial charge in [0, 0.05) is 19.0 Å². The molecule has 3 rings (SSSR count). The Morgan fingerprint density at radius 3 is 2.31 bits per heavy atom. The van der Waals surface area contributed by atoms with E-state index in [2.05, 4.69) is 10.9 Å². The fourth-order valence-corrected chi connectivity index (χ4v) is 3.49. The third-order valence-electron chi connectivity index (χ3n) is 5.36. The molecule has 2 aromatic rings. The van der Waals surface area contributed by atoms with Gasteiger partial charge in [-0.25, -0.2) is 0 Å². The molecule has 0 spiro atoms. The molecule has 170 valence electrons. The van der Waals surface area contributed by atoms with Crippen molar-refractivity contribution in [1.82, 2.24) is 15.8 Å². The zero-order valence-electron chi connectivity index (χ0n) is 18.2. The summed E-state index contributed by atoms with van der Waals surface area (Å²) >= 11 is 0. The van der Waals surface area contributed by atoms with Gasteiger partial charge in [-0.2, -0.15) is 0 Å². The van der Waals surface area contributed by atoms with Gasteiger partial charge in [-0.3, -0.25) is 25.2 Å². The molecule has 3 amide bonds. The van der Waals surface area contributed by atoms with E-state index in [-0.39, 0.29) is 30.9 Å². The van der Waals surface area contributed by atoms with Crippen LogP contribution in [0.1, 0.15) is 25.3 Å². The number of carbonyl (C=O) groups is 3. The number of amides is 3. The fraction of sp³-hybridized carbons (Fsp3) is 0.375. The third kappa shape index (κ3) is 6.73. The molecule has 0 bridgehead atoms. The quantitative estimate of drug-likeness (QED) is 0.614. The SMILES string of the molecule is CCc1ccccc1OCC(=O)NNC(=O)C1CCN(C(=O)COc2ccccc2)CC1. The monoisotopic (exact) mass is 439 g/mol. The van der Waals surface area contributed by atoms with Crippen LogP contribution in [0.2, 0.25) is 0 Å². The van der Waals surface area contributed by atoms with Crippen LogP contribution in [0, 0.1) is 5.92 Å². The molecule has 0 atom stereocenters. The standard InChI is InChI=1S/C24H29N3O5/c1-2-18-8-6-7-11-21(18)32-16-22(28)25-26-24(30)19-12-14-27(15-13-19)23(29)17-31-20-9-4-3-5-10-20/h3-11,19H,2,12-17H2,1H3,(H,25,28)(H,26,30). The van der Waals surface area contributed by atoms with Crippen molar-refractivity contribution < 1.29 is 23.9 Å². The number of carbonyl (C=O) groups excluding carboxylic acids is 3. The highest BCUT2D eigenvalue weighted by atomic mass is 16.5. The zero-order valence-corrected chi connectivity index (χ0v) is 18.2. The number of aryl methyl sites for hydroxylation is 1. The lowest BCUT2D eigenvalue weighted by atomic mass is 9.96. The van der Waals surface area contributed by atoms with Crippen molar-refractivity contribution in [2.24, 2.45) is 5.92 Å². The van der Waals surface area contributed by atoms with Gasteiger partial charge in [-0.15, -0.1) is 0 Å². The van der Waals surface area contributed by atoms with Gasteiger partial charge in [0.15, 0.2) is 13.2 Å². The molecular weight excluding hydrogens is 410 g/mol. The van der Waals surface area contributed by atoms with E-state index in [1.54, 1.807) is 17.0 Å². The van der Waals surface area contributed by atoms with Crippen LogP contribution in [0.15, 0.2) is 54.6 Å². The number of likely N-dealkylation sites (tertiary alicyclic amines) is 1. The maximum atomic E-state index is 12.4. The molecule has 1 aliphatic rings. The first kappa shape index (κ1) is 23.1. The smallest absolute Gasteiger partial charge is 0.276 e. The summed E-state index contributed by atoms with van der Waals surface area (Å²) in [5, 5.41) is 0. The first-order chi connectivity index (χ1) is 15.6. The van der Waals surface area contributed by atoms with Crippen LogP contribution in [0.25, 0.3) is 0 Å². The van der Waals surface area contributed by atoms with E-state index in [9.17, 15) is 14.4 Å². The molecule has 0 aromatic heterocycles. The number of ether oxygens (including phenoxy) is 2. The summed E-state index contributed by atoms with van der Waals surface area (Å²) in [5.74, 6) is 0.231. The van der Waals surface area contributed by atoms with E-state index >= 15 is 0 Å². The summed E-state index contributed by atoms with van der Waals surface area (Å²) in [5.41, 5.74) is 5.87. The highest BCUT2D eigenvalue weighted by molar-refractivity contribution is 5.84. The summed E-state index contributed by atoms with van der Waals surface area (Å²) < 4.78 is 11.0. The normalized spacial score (nSPS) is 13.8. The van der Waals surface area contributed by atoms with Crippen molar-refractivity contribution in [2.75, 3.05) is 26.3 Å². The van der Waals surface area contributed by atoms with Crippen LogP contribution in [-0.4, -0.2) is 48.9 Å². The lowest BCUT2D eigenvalue weighted by Crippen LogP contribution is -2.49. The van der Waals surface area contributed by atoms with Gasteiger partial charge in [0.05, 0.1) is 0 Å². The maximum Gasteiger partial charge on any atom is 0.276 e. The molecule has 1 aliphatic heterocycles. The van der Waals surface area contributed by atoms with Crippen molar-refractivity contribution in [3.05, 3.63) is 60.2 Å². The molecule has 2 N–H and O–H groups in total. The minimum atomic E-state index is -0.435. The summed E-state index contributed by atoms with van der Waals surface area (Å²) in [6.07, 6.45) is 1.85. The molecule has 0 aliphatic carbocycles. The predicted molar refractivity (Wildman–Crippen MR) is 119 cm³/mol. The second kappa shape index (κ2) is 11.7. The molecule has 8 nitrogen and oxygen atoms in total. The van der Waals surface area contributed by atoms with Gasteiger partial charge in [-0.1, -0.05) is 43.3 Å². The summed E-state index contributed by atoms with van der Waals surface area (Å²) in [6.45, 7) is 2.74. The van der Waals surface area contributed by atoms with E-state index < -0.39 is 5.91 Å². The van der Waals surface area contributed by atoms with E-state index in [0.29, 0.717) is 37.4 Å². The predicted octanol–water partition coefficient (Wildman–Crippen LogP) is 2.09. The van der Waals surface area contributed by atoms with E-state index in [0.717, 1.165) is 12.0 Å². The number of piperidine rings is 1. The zero-order chi connectivity index (χ0) is 22.8. The highest BCUT2D eigenvalue weighted by Gasteiger charge is 2.27. The molecule has 8 heteroatoms.